The van der Waals surface area contributed by atoms with Crippen molar-refractivity contribution >= 4 is 0 Å². The van der Waals surface area contributed by atoms with Gasteiger partial charge in [0.2, 0.25) is 0 Å². The summed E-state index contributed by atoms with van der Waals surface area (Å²) >= 11 is 0. The van der Waals surface area contributed by atoms with Gasteiger partial charge in [0.1, 0.15) is 12.2 Å². The minimum atomic E-state index is 0.661. The molecule has 4 nitrogen and oxygen atoms in total. The second kappa shape index (κ2) is 5.75. The Labute approximate surface area is 120 Å². The van der Waals surface area contributed by atoms with E-state index in [4.69, 9.17) is 0 Å². The van der Waals surface area contributed by atoms with Crippen molar-refractivity contribution in [2.24, 2.45) is 7.05 Å². The topological polar surface area (TPSA) is 42.7 Å². The van der Waals surface area contributed by atoms with Crippen LogP contribution in [0.15, 0.2) is 30.6 Å². The molecule has 0 atom stereocenters. The van der Waals surface area contributed by atoms with E-state index in [1.165, 1.54) is 24.0 Å². The van der Waals surface area contributed by atoms with Crippen LogP contribution in [-0.2, 0) is 13.5 Å². The van der Waals surface area contributed by atoms with Gasteiger partial charge in [-0.3, -0.25) is 0 Å². The highest BCUT2D eigenvalue weighted by atomic mass is 15.2. The molecule has 4 heteroatoms. The molecule has 1 aromatic heterocycles. The van der Waals surface area contributed by atoms with Crippen molar-refractivity contribution in [3.8, 4) is 0 Å². The summed E-state index contributed by atoms with van der Waals surface area (Å²) in [4.78, 5) is 0. The van der Waals surface area contributed by atoms with E-state index >= 15 is 0 Å². The molecular formula is C16H22N4. The van der Waals surface area contributed by atoms with Gasteiger partial charge in [0.05, 0.1) is 0 Å². The Kier molecular flexibility index (Phi) is 3.83. The van der Waals surface area contributed by atoms with E-state index in [9.17, 15) is 0 Å². The third-order valence-corrected chi connectivity index (χ3v) is 4.24. The van der Waals surface area contributed by atoms with Gasteiger partial charge < -0.3 is 9.88 Å². The molecule has 0 spiro atoms. The van der Waals surface area contributed by atoms with Crippen molar-refractivity contribution in [3.63, 3.8) is 0 Å². The highest BCUT2D eigenvalue weighted by molar-refractivity contribution is 5.27. The summed E-state index contributed by atoms with van der Waals surface area (Å²) in [6, 6.07) is 9.57. The van der Waals surface area contributed by atoms with Gasteiger partial charge in [-0.2, -0.15) is 0 Å². The van der Waals surface area contributed by atoms with Crippen LogP contribution in [0.25, 0.3) is 0 Å². The van der Waals surface area contributed by atoms with Crippen LogP contribution in [0.1, 0.15) is 35.7 Å². The summed E-state index contributed by atoms with van der Waals surface area (Å²) < 4.78 is 1.98. The largest absolute Gasteiger partial charge is 0.321 e. The van der Waals surface area contributed by atoms with E-state index in [1.54, 1.807) is 6.33 Å². The Balaban J connectivity index is 1.41. The molecule has 1 aromatic carbocycles. The molecule has 106 valence electrons. The van der Waals surface area contributed by atoms with Gasteiger partial charge >= 0.3 is 0 Å². The van der Waals surface area contributed by atoms with Crippen molar-refractivity contribution in [1.29, 1.82) is 0 Å². The lowest BCUT2D eigenvalue weighted by molar-refractivity contribution is 0.292. The quantitative estimate of drug-likeness (QED) is 0.905. The first-order valence-electron chi connectivity index (χ1n) is 7.35. The van der Waals surface area contributed by atoms with Gasteiger partial charge in [-0.25, -0.2) is 0 Å². The zero-order chi connectivity index (χ0) is 13.9. The van der Waals surface area contributed by atoms with Crippen LogP contribution in [0.2, 0.25) is 0 Å². The van der Waals surface area contributed by atoms with Crippen LogP contribution in [0, 0.1) is 6.92 Å². The van der Waals surface area contributed by atoms with Crippen LogP contribution in [0.5, 0.6) is 0 Å². The van der Waals surface area contributed by atoms with E-state index in [1.807, 2.05) is 11.6 Å². The summed E-state index contributed by atoms with van der Waals surface area (Å²) in [6.07, 6.45) is 5.21. The predicted octanol–water partition coefficient (Wildman–Crippen LogP) is 2.20. The van der Waals surface area contributed by atoms with Gasteiger partial charge in [0.25, 0.3) is 0 Å². The highest BCUT2D eigenvalue weighted by Crippen LogP contribution is 2.36. The molecule has 0 unspecified atom stereocenters. The monoisotopic (exact) mass is 270 g/mol. The number of hydrogen-bond donors (Lipinski definition) is 1. The Hall–Kier alpha value is -1.68. The maximum Gasteiger partial charge on any atom is 0.133 e. The third-order valence-electron chi connectivity index (χ3n) is 4.24. The van der Waals surface area contributed by atoms with Crippen LogP contribution >= 0.6 is 0 Å². The van der Waals surface area contributed by atoms with Crippen LogP contribution in [-0.4, -0.2) is 27.4 Å². The van der Waals surface area contributed by atoms with Gasteiger partial charge in [-0.1, -0.05) is 29.8 Å². The Morgan fingerprint density at radius 1 is 1.35 bits per heavy atom. The minimum Gasteiger partial charge on any atom is -0.321 e. The summed E-state index contributed by atoms with van der Waals surface area (Å²) in [5.74, 6) is 1.79. The van der Waals surface area contributed by atoms with Crippen molar-refractivity contribution in [2.45, 2.75) is 38.1 Å². The molecule has 2 aromatic rings. The van der Waals surface area contributed by atoms with Crippen molar-refractivity contribution in [2.75, 3.05) is 6.54 Å². The maximum atomic E-state index is 4.10. The lowest BCUT2D eigenvalue weighted by atomic mass is 9.75. The first kappa shape index (κ1) is 13.3. The lowest BCUT2D eigenvalue weighted by Gasteiger charge is -2.36. The van der Waals surface area contributed by atoms with Gasteiger partial charge in [0.15, 0.2) is 0 Å². The third kappa shape index (κ3) is 2.90. The predicted molar refractivity (Wildman–Crippen MR) is 79.7 cm³/mol. The van der Waals surface area contributed by atoms with Crippen LogP contribution in [0.3, 0.4) is 0 Å². The first-order valence-corrected chi connectivity index (χ1v) is 7.35. The molecule has 1 fully saturated rings. The lowest BCUT2D eigenvalue weighted by Crippen LogP contribution is -2.41. The number of nitrogens with one attached hydrogen (secondary N) is 1. The maximum absolute atomic E-state index is 4.10. The highest BCUT2D eigenvalue weighted by Gasteiger charge is 2.29. The fraction of sp³-hybridized carbons (Fsp3) is 0.500. The fourth-order valence-corrected chi connectivity index (χ4v) is 2.90. The molecule has 0 bridgehead atoms. The molecule has 3 rings (SSSR count). The van der Waals surface area contributed by atoms with E-state index in [0.717, 1.165) is 24.7 Å². The summed E-state index contributed by atoms with van der Waals surface area (Å²) in [6.45, 7) is 3.15. The van der Waals surface area contributed by atoms with Crippen LogP contribution in [0.4, 0.5) is 0 Å². The number of aromatic nitrogens is 3. The number of nitrogens with zero attached hydrogens (tertiary/aromatic N) is 3. The van der Waals surface area contributed by atoms with Gasteiger partial charge in [-0.05, 0) is 31.2 Å². The van der Waals surface area contributed by atoms with Crippen molar-refractivity contribution in [1.82, 2.24) is 20.1 Å². The Morgan fingerprint density at radius 2 is 2.20 bits per heavy atom. The van der Waals surface area contributed by atoms with E-state index in [2.05, 4.69) is 46.7 Å². The minimum absolute atomic E-state index is 0.661. The van der Waals surface area contributed by atoms with E-state index in [0.29, 0.717) is 6.04 Å². The zero-order valence-corrected chi connectivity index (χ0v) is 12.2. The zero-order valence-electron chi connectivity index (χ0n) is 12.2. The Morgan fingerprint density at radius 3 is 2.90 bits per heavy atom. The summed E-state index contributed by atoms with van der Waals surface area (Å²) in [7, 11) is 1.99. The molecule has 1 aliphatic rings. The number of rotatable bonds is 5. The molecule has 0 amide bonds. The van der Waals surface area contributed by atoms with Gasteiger partial charge in [-0.15, -0.1) is 10.2 Å². The van der Waals surface area contributed by atoms with Gasteiger partial charge in [0, 0.05) is 26.1 Å². The molecule has 0 radical (unpaired) electrons. The van der Waals surface area contributed by atoms with Crippen LogP contribution < -0.4 is 5.32 Å². The molecule has 0 aliphatic heterocycles. The summed E-state index contributed by atoms with van der Waals surface area (Å²) in [5.41, 5.74) is 2.86. The van der Waals surface area contributed by atoms with E-state index < -0.39 is 0 Å². The molecule has 1 saturated carbocycles. The second-order valence-electron chi connectivity index (χ2n) is 5.84. The normalized spacial score (nSPS) is 21.7. The molecule has 20 heavy (non-hydrogen) atoms. The van der Waals surface area contributed by atoms with E-state index in [-0.39, 0.29) is 0 Å². The molecule has 1 N–H and O–H groups in total. The first-order chi connectivity index (χ1) is 9.72. The molecule has 1 heterocycles. The molecule has 1 aliphatic carbocycles. The molecule has 0 saturated heterocycles. The number of hydrogen-bond acceptors (Lipinski definition) is 3. The van der Waals surface area contributed by atoms with Crippen molar-refractivity contribution in [3.05, 3.63) is 47.5 Å². The SMILES string of the molecule is Cc1cccc(C2CC(NCCc3nncn3C)C2)c1. The fourth-order valence-electron chi connectivity index (χ4n) is 2.90. The smallest absolute Gasteiger partial charge is 0.133 e. The second-order valence-corrected chi connectivity index (χ2v) is 5.84. The average molecular weight is 270 g/mol. The number of benzene rings is 1. The summed E-state index contributed by atoms with van der Waals surface area (Å²) in [5, 5.41) is 11.6. The average Bonchev–Trinajstić information content (AvgIpc) is 2.78. The Bertz CT molecular complexity index is 569. The van der Waals surface area contributed by atoms with Crippen molar-refractivity contribution < 1.29 is 0 Å². The molecular weight excluding hydrogens is 248 g/mol. The standard InChI is InChI=1S/C16H22N4/c1-12-4-3-5-13(8-12)14-9-15(10-14)17-7-6-16-19-18-11-20(16)2/h3-5,8,11,14-15,17H,6-7,9-10H2,1-2H3. The number of aryl methyl sites for hydroxylation is 2.